The van der Waals surface area contributed by atoms with E-state index in [1.807, 2.05) is 60.0 Å². The Morgan fingerprint density at radius 2 is 1.75 bits per heavy atom. The number of thiophene rings is 1. The SMILES string of the molecule is O=C(COc1ccccc1Cc1ccccc1)NCc1cccs1. The molecule has 122 valence electrons. The van der Waals surface area contributed by atoms with Crippen LogP contribution in [-0.4, -0.2) is 12.5 Å². The van der Waals surface area contributed by atoms with Gasteiger partial charge in [-0.15, -0.1) is 11.3 Å². The van der Waals surface area contributed by atoms with E-state index in [-0.39, 0.29) is 12.5 Å². The van der Waals surface area contributed by atoms with Gasteiger partial charge in [-0.1, -0.05) is 54.6 Å². The summed E-state index contributed by atoms with van der Waals surface area (Å²) in [4.78, 5) is 13.1. The molecule has 0 bridgehead atoms. The Kier molecular flexibility index (Phi) is 5.64. The zero-order chi connectivity index (χ0) is 16.6. The highest BCUT2D eigenvalue weighted by Crippen LogP contribution is 2.21. The molecule has 24 heavy (non-hydrogen) atoms. The van der Waals surface area contributed by atoms with E-state index in [4.69, 9.17) is 4.74 Å². The highest BCUT2D eigenvalue weighted by atomic mass is 32.1. The predicted octanol–water partition coefficient (Wildman–Crippen LogP) is 4.03. The van der Waals surface area contributed by atoms with E-state index < -0.39 is 0 Å². The summed E-state index contributed by atoms with van der Waals surface area (Å²) in [6.45, 7) is 0.572. The maximum Gasteiger partial charge on any atom is 0.258 e. The zero-order valence-corrected chi connectivity index (χ0v) is 14.1. The number of benzene rings is 2. The maximum absolute atomic E-state index is 11.9. The number of carbonyl (C=O) groups excluding carboxylic acids is 1. The summed E-state index contributed by atoms with van der Waals surface area (Å²) in [6.07, 6.45) is 0.786. The normalized spacial score (nSPS) is 10.3. The second kappa shape index (κ2) is 8.31. The lowest BCUT2D eigenvalue weighted by Gasteiger charge is -2.11. The van der Waals surface area contributed by atoms with Gasteiger partial charge in [0.25, 0.3) is 5.91 Å². The van der Waals surface area contributed by atoms with E-state index in [9.17, 15) is 4.79 Å². The van der Waals surface area contributed by atoms with Gasteiger partial charge >= 0.3 is 0 Å². The largest absolute Gasteiger partial charge is 0.483 e. The van der Waals surface area contributed by atoms with Crippen molar-refractivity contribution >= 4 is 17.2 Å². The number of rotatable bonds is 7. The van der Waals surface area contributed by atoms with Gasteiger partial charge in [-0.3, -0.25) is 4.79 Å². The molecule has 1 amide bonds. The van der Waals surface area contributed by atoms with Gasteiger partial charge in [0.2, 0.25) is 0 Å². The Morgan fingerprint density at radius 3 is 2.54 bits per heavy atom. The van der Waals surface area contributed by atoms with E-state index in [1.165, 1.54) is 5.56 Å². The molecule has 1 aromatic heterocycles. The summed E-state index contributed by atoms with van der Waals surface area (Å²) < 4.78 is 5.73. The molecule has 0 atom stereocenters. The van der Waals surface area contributed by atoms with Gasteiger partial charge in [0.05, 0.1) is 6.54 Å². The van der Waals surface area contributed by atoms with Crippen molar-refractivity contribution in [3.05, 3.63) is 88.1 Å². The molecule has 4 heteroatoms. The van der Waals surface area contributed by atoms with Crippen LogP contribution >= 0.6 is 11.3 Å². The van der Waals surface area contributed by atoms with E-state index in [2.05, 4.69) is 17.4 Å². The number of para-hydroxylation sites is 1. The minimum atomic E-state index is -0.113. The number of nitrogens with one attached hydrogen (secondary N) is 1. The first-order valence-corrected chi connectivity index (χ1v) is 8.73. The van der Waals surface area contributed by atoms with Gasteiger partial charge in [0.15, 0.2) is 6.61 Å². The third-order valence-corrected chi connectivity index (χ3v) is 4.49. The van der Waals surface area contributed by atoms with Crippen molar-refractivity contribution in [2.75, 3.05) is 6.61 Å². The molecule has 3 nitrogen and oxygen atoms in total. The molecule has 1 heterocycles. The van der Waals surface area contributed by atoms with E-state index in [0.29, 0.717) is 6.54 Å². The fraction of sp³-hybridized carbons (Fsp3) is 0.150. The van der Waals surface area contributed by atoms with Crippen LogP contribution in [-0.2, 0) is 17.8 Å². The highest BCUT2D eigenvalue weighted by molar-refractivity contribution is 7.09. The number of hydrogen-bond donors (Lipinski definition) is 1. The molecule has 0 radical (unpaired) electrons. The number of ether oxygens (including phenoxy) is 1. The average molecular weight is 337 g/mol. The second-order valence-electron chi connectivity index (χ2n) is 5.41. The lowest BCUT2D eigenvalue weighted by atomic mass is 10.0. The van der Waals surface area contributed by atoms with Gasteiger partial charge in [0.1, 0.15) is 5.75 Å². The molecular weight excluding hydrogens is 318 g/mol. The molecule has 0 aliphatic heterocycles. The van der Waals surface area contributed by atoms with Crippen molar-refractivity contribution in [2.24, 2.45) is 0 Å². The molecule has 0 aliphatic carbocycles. The first-order valence-electron chi connectivity index (χ1n) is 7.85. The van der Waals surface area contributed by atoms with Crippen molar-refractivity contribution in [1.29, 1.82) is 0 Å². The van der Waals surface area contributed by atoms with Crippen molar-refractivity contribution in [1.82, 2.24) is 5.32 Å². The first kappa shape index (κ1) is 16.3. The number of carbonyl (C=O) groups is 1. The van der Waals surface area contributed by atoms with Crippen LogP contribution in [0.1, 0.15) is 16.0 Å². The lowest BCUT2D eigenvalue weighted by Crippen LogP contribution is -2.28. The Morgan fingerprint density at radius 1 is 0.958 bits per heavy atom. The van der Waals surface area contributed by atoms with Crippen molar-refractivity contribution in [3.63, 3.8) is 0 Å². The zero-order valence-electron chi connectivity index (χ0n) is 13.3. The van der Waals surface area contributed by atoms with Crippen molar-refractivity contribution in [3.8, 4) is 5.75 Å². The predicted molar refractivity (Wildman–Crippen MR) is 97.4 cm³/mol. The van der Waals surface area contributed by atoms with Crippen LogP contribution in [0, 0.1) is 0 Å². The Hall–Kier alpha value is -2.59. The quantitative estimate of drug-likeness (QED) is 0.707. The Labute approximate surface area is 145 Å². The molecule has 0 saturated heterocycles. The van der Waals surface area contributed by atoms with E-state index >= 15 is 0 Å². The first-order chi connectivity index (χ1) is 11.8. The van der Waals surface area contributed by atoms with Crippen LogP contribution in [0.25, 0.3) is 0 Å². The minimum Gasteiger partial charge on any atom is -0.483 e. The summed E-state index contributed by atoms with van der Waals surface area (Å²) in [5.41, 5.74) is 2.30. The molecule has 0 saturated carbocycles. The van der Waals surface area contributed by atoms with Gasteiger partial charge in [-0.2, -0.15) is 0 Å². The van der Waals surface area contributed by atoms with Crippen LogP contribution in [0.2, 0.25) is 0 Å². The van der Waals surface area contributed by atoms with Gasteiger partial charge in [-0.25, -0.2) is 0 Å². The molecular formula is C20H19NO2S. The smallest absolute Gasteiger partial charge is 0.258 e. The molecule has 1 N–H and O–H groups in total. The molecule has 3 rings (SSSR count). The standard InChI is InChI=1S/C20H19NO2S/c22-20(21-14-18-10-6-12-24-18)15-23-19-11-5-4-9-17(19)13-16-7-2-1-3-8-16/h1-12H,13-15H2,(H,21,22). The Balaban J connectivity index is 1.56. The fourth-order valence-electron chi connectivity index (χ4n) is 2.40. The number of amides is 1. The molecule has 0 aliphatic rings. The molecule has 0 fully saturated rings. The molecule has 3 aromatic rings. The van der Waals surface area contributed by atoms with Crippen LogP contribution in [0.5, 0.6) is 5.75 Å². The van der Waals surface area contributed by atoms with E-state index in [1.54, 1.807) is 11.3 Å². The number of hydrogen-bond acceptors (Lipinski definition) is 3. The summed E-state index contributed by atoms with van der Waals surface area (Å²) in [7, 11) is 0. The van der Waals surface area contributed by atoms with Crippen molar-refractivity contribution in [2.45, 2.75) is 13.0 Å². The average Bonchev–Trinajstić information content (AvgIpc) is 3.14. The summed E-state index contributed by atoms with van der Waals surface area (Å²) in [5, 5.41) is 4.87. The summed E-state index contributed by atoms with van der Waals surface area (Å²) >= 11 is 1.63. The highest BCUT2D eigenvalue weighted by Gasteiger charge is 2.07. The topological polar surface area (TPSA) is 38.3 Å². The third-order valence-electron chi connectivity index (χ3n) is 3.61. The third kappa shape index (κ3) is 4.70. The maximum atomic E-state index is 11.9. The van der Waals surface area contributed by atoms with Gasteiger partial charge in [-0.05, 0) is 28.6 Å². The summed E-state index contributed by atoms with van der Waals surface area (Å²) in [6, 6.07) is 22.1. The molecule has 0 spiro atoms. The van der Waals surface area contributed by atoms with Crippen LogP contribution in [0.3, 0.4) is 0 Å². The Bertz CT molecular complexity index is 769. The van der Waals surface area contributed by atoms with Crippen molar-refractivity contribution < 1.29 is 9.53 Å². The monoisotopic (exact) mass is 337 g/mol. The van der Waals surface area contributed by atoms with E-state index in [0.717, 1.165) is 22.6 Å². The summed E-state index contributed by atoms with van der Waals surface area (Å²) in [5.74, 6) is 0.644. The lowest BCUT2D eigenvalue weighted by molar-refractivity contribution is -0.123. The van der Waals surface area contributed by atoms with Gasteiger partial charge in [0, 0.05) is 11.3 Å². The van der Waals surface area contributed by atoms with Crippen LogP contribution in [0.15, 0.2) is 72.1 Å². The van der Waals surface area contributed by atoms with Crippen LogP contribution in [0.4, 0.5) is 0 Å². The minimum absolute atomic E-state index is 0.0250. The molecule has 0 unspecified atom stereocenters. The fourth-order valence-corrected chi connectivity index (χ4v) is 3.04. The second-order valence-corrected chi connectivity index (χ2v) is 6.45. The molecule has 2 aromatic carbocycles. The van der Waals surface area contributed by atoms with Gasteiger partial charge < -0.3 is 10.1 Å². The van der Waals surface area contributed by atoms with Crippen LogP contribution < -0.4 is 10.1 Å².